The molecule has 0 radical (unpaired) electrons. The van der Waals surface area contributed by atoms with Crippen molar-refractivity contribution >= 4 is 23.2 Å². The van der Waals surface area contributed by atoms with Crippen LogP contribution >= 0.6 is 11.3 Å². The third-order valence-corrected chi connectivity index (χ3v) is 7.56. The van der Waals surface area contributed by atoms with E-state index < -0.39 is 12.1 Å². The zero-order chi connectivity index (χ0) is 24.3. The third-order valence-electron chi connectivity index (χ3n) is 6.70. The Balaban J connectivity index is 0.000000344. The van der Waals surface area contributed by atoms with Gasteiger partial charge in [-0.1, -0.05) is 25.3 Å². The number of halogens is 3. The molecule has 1 aliphatic carbocycles. The molecule has 2 aromatic rings. The van der Waals surface area contributed by atoms with Gasteiger partial charge in [-0.25, -0.2) is 4.79 Å². The molecular formula is C22H28F3N5O3S. The lowest BCUT2D eigenvalue weighted by atomic mass is 9.89. The van der Waals surface area contributed by atoms with Crippen molar-refractivity contribution in [1.82, 2.24) is 25.0 Å². The van der Waals surface area contributed by atoms with Crippen LogP contribution < -0.4 is 5.32 Å². The number of aliphatic carboxylic acids is 1. The molecule has 1 amide bonds. The summed E-state index contributed by atoms with van der Waals surface area (Å²) in [5.41, 5.74) is 0. The van der Waals surface area contributed by atoms with Gasteiger partial charge in [-0.15, -0.1) is 21.5 Å². The van der Waals surface area contributed by atoms with Gasteiger partial charge in [0.1, 0.15) is 5.82 Å². The Morgan fingerprint density at radius 2 is 1.88 bits per heavy atom. The van der Waals surface area contributed by atoms with E-state index in [-0.39, 0.29) is 5.91 Å². The Bertz CT molecular complexity index is 989. The maximum absolute atomic E-state index is 12.8. The fourth-order valence-corrected chi connectivity index (χ4v) is 5.81. The van der Waals surface area contributed by atoms with E-state index in [1.807, 2.05) is 11.3 Å². The van der Waals surface area contributed by atoms with Crippen molar-refractivity contribution in [2.75, 3.05) is 13.1 Å². The summed E-state index contributed by atoms with van der Waals surface area (Å²) < 4.78 is 33.8. The highest BCUT2D eigenvalue weighted by atomic mass is 32.1. The summed E-state index contributed by atoms with van der Waals surface area (Å²) >= 11 is 1.83. The summed E-state index contributed by atoms with van der Waals surface area (Å²) in [5.74, 6) is -0.210. The summed E-state index contributed by atoms with van der Waals surface area (Å²) in [7, 11) is 0. The average molecular weight is 500 g/mol. The first-order valence-corrected chi connectivity index (χ1v) is 12.4. The maximum Gasteiger partial charge on any atom is 0.490 e. The molecule has 2 N–H and O–H groups in total. The number of nitrogens with zero attached hydrogens (tertiary/aromatic N) is 4. The molecule has 2 unspecified atom stereocenters. The Kier molecular flexibility index (Phi) is 7.56. The number of rotatable bonds is 4. The number of thiophene rings is 1. The summed E-state index contributed by atoms with van der Waals surface area (Å²) in [4.78, 5) is 25.6. The van der Waals surface area contributed by atoms with Gasteiger partial charge in [0.25, 0.3) is 5.91 Å². The van der Waals surface area contributed by atoms with Crippen LogP contribution in [0, 0.1) is 5.92 Å². The van der Waals surface area contributed by atoms with Crippen LogP contribution in [0.4, 0.5) is 13.2 Å². The van der Waals surface area contributed by atoms with Crippen LogP contribution in [0.25, 0.3) is 0 Å². The summed E-state index contributed by atoms with van der Waals surface area (Å²) in [6.07, 6.45) is 1.93. The number of amides is 1. The Hall–Kier alpha value is -2.47. The second-order valence-corrected chi connectivity index (χ2v) is 10.1. The van der Waals surface area contributed by atoms with Gasteiger partial charge in [0.15, 0.2) is 0 Å². The largest absolute Gasteiger partial charge is 0.490 e. The van der Waals surface area contributed by atoms with Crippen molar-refractivity contribution in [2.45, 2.75) is 69.8 Å². The number of nitrogens with one attached hydrogen (secondary N) is 1. The number of carbonyl (C=O) groups is 2. The van der Waals surface area contributed by atoms with E-state index in [1.165, 1.54) is 24.1 Å². The molecule has 186 valence electrons. The van der Waals surface area contributed by atoms with Crippen LogP contribution in [-0.4, -0.2) is 62.0 Å². The maximum atomic E-state index is 12.8. The van der Waals surface area contributed by atoms with E-state index in [4.69, 9.17) is 9.90 Å². The lowest BCUT2D eigenvalue weighted by Gasteiger charge is -2.26. The number of hydrogen-bond acceptors (Lipinski definition) is 6. The van der Waals surface area contributed by atoms with Crippen LogP contribution in [0.2, 0.25) is 0 Å². The molecule has 5 rings (SSSR count). The number of aromatic nitrogens is 3. The van der Waals surface area contributed by atoms with Crippen LogP contribution in [0.1, 0.15) is 65.8 Å². The van der Waals surface area contributed by atoms with Gasteiger partial charge in [0.05, 0.1) is 0 Å². The quantitative estimate of drug-likeness (QED) is 0.666. The molecular weight excluding hydrogens is 471 g/mol. The van der Waals surface area contributed by atoms with E-state index in [1.54, 1.807) is 0 Å². The first-order valence-electron chi connectivity index (χ1n) is 11.5. The van der Waals surface area contributed by atoms with E-state index >= 15 is 0 Å². The van der Waals surface area contributed by atoms with Crippen LogP contribution in [0.5, 0.6) is 0 Å². The number of carboxylic acid groups (broad SMARTS) is 1. The molecule has 1 saturated carbocycles. The van der Waals surface area contributed by atoms with Gasteiger partial charge >= 0.3 is 12.1 Å². The van der Waals surface area contributed by atoms with Gasteiger partial charge in [0.2, 0.25) is 5.82 Å². The van der Waals surface area contributed by atoms with E-state index in [9.17, 15) is 18.0 Å². The fourth-order valence-electron chi connectivity index (χ4n) is 5.07. The van der Waals surface area contributed by atoms with Gasteiger partial charge in [-0.3, -0.25) is 9.69 Å². The van der Waals surface area contributed by atoms with Crippen molar-refractivity contribution in [3.8, 4) is 0 Å². The first kappa shape index (κ1) is 24.6. The summed E-state index contributed by atoms with van der Waals surface area (Å²) in [6.45, 7) is 4.03. The predicted octanol–water partition coefficient (Wildman–Crippen LogP) is 3.65. The van der Waals surface area contributed by atoms with Crippen LogP contribution in [-0.2, 0) is 17.9 Å². The Labute approximate surface area is 199 Å². The highest BCUT2D eigenvalue weighted by Gasteiger charge is 2.41. The second-order valence-electron chi connectivity index (χ2n) is 9.07. The molecule has 0 spiro atoms. The average Bonchev–Trinajstić information content (AvgIpc) is 3.53. The van der Waals surface area contributed by atoms with E-state index in [0.29, 0.717) is 23.7 Å². The van der Waals surface area contributed by atoms with E-state index in [2.05, 4.69) is 42.5 Å². The smallest absolute Gasteiger partial charge is 0.475 e. The molecule has 8 nitrogen and oxygen atoms in total. The number of fused-ring (bicyclic) bond motifs is 3. The number of carbonyl (C=O) groups excluding carboxylic acids is 1. The lowest BCUT2D eigenvalue weighted by Crippen LogP contribution is -2.38. The lowest BCUT2D eigenvalue weighted by molar-refractivity contribution is -0.192. The zero-order valence-electron chi connectivity index (χ0n) is 18.6. The SMILES string of the molecule is O=C(NC1CCCCC1)c1nnc2n1CCC1CN(Cc3cccs3)CC21.O=C(O)C(F)(F)F. The highest BCUT2D eigenvalue weighted by molar-refractivity contribution is 7.09. The number of alkyl halides is 3. The Morgan fingerprint density at radius 3 is 2.53 bits per heavy atom. The highest BCUT2D eigenvalue weighted by Crippen LogP contribution is 2.39. The zero-order valence-corrected chi connectivity index (χ0v) is 19.4. The van der Waals surface area contributed by atoms with Gasteiger partial charge in [-0.05, 0) is 36.6 Å². The standard InChI is InChI=1S/C20H27N5OS.C2HF3O2/c26-20(21-15-5-2-1-3-6-15)19-23-22-18-17-13-24(12-16-7-4-10-27-16)11-14(17)8-9-25(18)19;3-2(4,5)1(6)7/h4,7,10,14-15,17H,1-3,5-6,8-9,11-13H2,(H,21,26);(H,6,7). The fraction of sp³-hybridized carbons (Fsp3) is 0.636. The van der Waals surface area contributed by atoms with E-state index in [0.717, 1.165) is 51.3 Å². The van der Waals surface area contributed by atoms with Crippen molar-refractivity contribution in [3.05, 3.63) is 34.0 Å². The normalized spacial score (nSPS) is 22.9. The molecule has 0 bridgehead atoms. The third kappa shape index (κ3) is 5.77. The first-order chi connectivity index (χ1) is 16.2. The number of carboxylic acids is 1. The topological polar surface area (TPSA) is 100 Å². The van der Waals surface area contributed by atoms with Crippen molar-refractivity contribution in [2.24, 2.45) is 5.92 Å². The molecule has 1 saturated heterocycles. The minimum atomic E-state index is -5.08. The van der Waals surface area contributed by atoms with Gasteiger partial charge in [-0.2, -0.15) is 13.2 Å². The summed E-state index contributed by atoms with van der Waals surface area (Å²) in [6, 6.07) is 4.64. The van der Waals surface area contributed by atoms with Gasteiger partial charge < -0.3 is 15.0 Å². The molecule has 2 aliphatic heterocycles. The molecule has 12 heteroatoms. The second kappa shape index (κ2) is 10.4. The predicted molar refractivity (Wildman–Crippen MR) is 118 cm³/mol. The van der Waals surface area contributed by atoms with Crippen molar-refractivity contribution in [3.63, 3.8) is 0 Å². The molecule has 2 fully saturated rings. The molecule has 34 heavy (non-hydrogen) atoms. The number of hydrogen-bond donors (Lipinski definition) is 2. The summed E-state index contributed by atoms with van der Waals surface area (Å²) in [5, 5.41) is 21.3. The molecule has 2 aromatic heterocycles. The van der Waals surface area contributed by atoms with Crippen molar-refractivity contribution < 1.29 is 27.9 Å². The minimum Gasteiger partial charge on any atom is -0.475 e. The molecule has 0 aromatic carbocycles. The Morgan fingerprint density at radius 1 is 1.15 bits per heavy atom. The number of likely N-dealkylation sites (tertiary alicyclic amines) is 1. The molecule has 3 aliphatic rings. The van der Waals surface area contributed by atoms with Crippen molar-refractivity contribution in [1.29, 1.82) is 0 Å². The molecule has 2 atom stereocenters. The van der Waals surface area contributed by atoms with Crippen LogP contribution in [0.3, 0.4) is 0 Å². The molecule has 4 heterocycles. The van der Waals surface area contributed by atoms with Crippen LogP contribution in [0.15, 0.2) is 17.5 Å². The minimum absolute atomic E-state index is 0.0347. The monoisotopic (exact) mass is 499 g/mol. The van der Waals surface area contributed by atoms with Gasteiger partial charge in [0, 0.05) is 43.0 Å².